The first-order valence-corrected chi connectivity index (χ1v) is 4.31. The maximum Gasteiger partial charge on any atom is 0.292 e. The normalized spacial score (nSPS) is 13.2. The third-order valence-electron chi connectivity index (χ3n) is 2.10. The van der Waals surface area contributed by atoms with E-state index in [0.717, 1.165) is 13.1 Å². The van der Waals surface area contributed by atoms with Crippen LogP contribution in [0.1, 0.15) is 0 Å². The monoisotopic (exact) mass is 205 g/mol. The van der Waals surface area contributed by atoms with Crippen LogP contribution in [0.4, 0.5) is 17.1 Å². The van der Waals surface area contributed by atoms with E-state index in [2.05, 4.69) is 10.0 Å². The molecule has 1 fully saturated rings. The highest BCUT2D eigenvalue weighted by Gasteiger charge is 2.26. The van der Waals surface area contributed by atoms with E-state index < -0.39 is 4.92 Å². The Balaban J connectivity index is 2.48. The van der Waals surface area contributed by atoms with E-state index in [1.165, 1.54) is 6.07 Å². The van der Waals surface area contributed by atoms with E-state index in [9.17, 15) is 10.1 Å². The highest BCUT2D eigenvalue weighted by Crippen LogP contribution is 2.34. The molecule has 1 aromatic carbocycles. The maximum atomic E-state index is 10.8. The molecule has 0 bridgehead atoms. The fourth-order valence-electron chi connectivity index (χ4n) is 1.33. The molecule has 0 unspecified atom stereocenters. The third-order valence-corrected chi connectivity index (χ3v) is 2.10. The van der Waals surface area contributed by atoms with Crippen molar-refractivity contribution in [1.29, 1.82) is 0 Å². The Morgan fingerprint density at radius 1 is 1.53 bits per heavy atom. The molecule has 15 heavy (non-hydrogen) atoms. The van der Waals surface area contributed by atoms with E-state index in [1.807, 2.05) is 4.90 Å². The highest BCUT2D eigenvalue weighted by atomic mass is 16.6. The lowest BCUT2D eigenvalue weighted by Gasteiger charge is -2.03. The molecule has 0 atom stereocenters. The number of nitro benzene ring substituents is 1. The molecule has 0 spiro atoms. The number of azide groups is 1. The van der Waals surface area contributed by atoms with Crippen molar-refractivity contribution in [2.24, 2.45) is 5.11 Å². The van der Waals surface area contributed by atoms with Crippen molar-refractivity contribution in [3.8, 4) is 0 Å². The second-order valence-corrected chi connectivity index (χ2v) is 3.11. The minimum Gasteiger partial charge on any atom is -0.362 e. The molecule has 1 aliphatic heterocycles. The average molecular weight is 205 g/mol. The number of hydrogen-bond donors (Lipinski definition) is 0. The zero-order chi connectivity index (χ0) is 10.8. The van der Waals surface area contributed by atoms with Crippen LogP contribution >= 0.6 is 0 Å². The van der Waals surface area contributed by atoms with Gasteiger partial charge in [0.15, 0.2) is 0 Å². The minimum absolute atomic E-state index is 0.0163. The number of anilines is 1. The van der Waals surface area contributed by atoms with Crippen LogP contribution in [0.2, 0.25) is 0 Å². The minimum atomic E-state index is -0.468. The van der Waals surface area contributed by atoms with E-state index in [1.54, 1.807) is 12.1 Å². The second kappa shape index (κ2) is 3.47. The number of benzene rings is 1. The Morgan fingerprint density at radius 2 is 2.27 bits per heavy atom. The lowest BCUT2D eigenvalue weighted by molar-refractivity contribution is -0.384. The number of rotatable bonds is 3. The Kier molecular flexibility index (Phi) is 2.15. The van der Waals surface area contributed by atoms with Crippen molar-refractivity contribution in [2.45, 2.75) is 0 Å². The molecule has 2 rings (SSSR count). The molecule has 7 nitrogen and oxygen atoms in total. The summed E-state index contributed by atoms with van der Waals surface area (Å²) in [5.41, 5.74) is 9.04. The van der Waals surface area contributed by atoms with Gasteiger partial charge >= 0.3 is 0 Å². The molecule has 0 saturated carbocycles. The molecular formula is C8H7N5O2. The molecule has 1 aromatic rings. The molecular weight excluding hydrogens is 198 g/mol. The average Bonchev–Trinajstić information content (AvgIpc) is 3.01. The Bertz CT molecular complexity index is 462. The van der Waals surface area contributed by atoms with Gasteiger partial charge in [0.05, 0.1) is 4.92 Å². The summed E-state index contributed by atoms with van der Waals surface area (Å²) in [4.78, 5) is 14.7. The predicted molar refractivity (Wildman–Crippen MR) is 54.1 cm³/mol. The SMILES string of the molecule is [N-]=[N+]=Nc1ccc(N2CC2)c([N+](=O)[O-])c1. The summed E-state index contributed by atoms with van der Waals surface area (Å²) >= 11 is 0. The van der Waals surface area contributed by atoms with Gasteiger partial charge in [-0.3, -0.25) is 10.1 Å². The van der Waals surface area contributed by atoms with E-state index in [-0.39, 0.29) is 11.4 Å². The van der Waals surface area contributed by atoms with Crippen molar-refractivity contribution in [3.05, 3.63) is 38.8 Å². The quantitative estimate of drug-likeness (QED) is 0.189. The van der Waals surface area contributed by atoms with Crippen LogP contribution in [0.25, 0.3) is 10.4 Å². The van der Waals surface area contributed by atoms with Crippen molar-refractivity contribution >= 4 is 17.1 Å². The summed E-state index contributed by atoms with van der Waals surface area (Å²) in [7, 11) is 0. The summed E-state index contributed by atoms with van der Waals surface area (Å²) in [5.74, 6) is 0. The molecule has 0 N–H and O–H groups in total. The van der Waals surface area contributed by atoms with Gasteiger partial charge in [-0.15, -0.1) is 0 Å². The van der Waals surface area contributed by atoms with Gasteiger partial charge in [0, 0.05) is 29.8 Å². The fourth-order valence-corrected chi connectivity index (χ4v) is 1.33. The Hall–Kier alpha value is -2.27. The van der Waals surface area contributed by atoms with Crippen LogP contribution < -0.4 is 4.90 Å². The molecule has 0 aliphatic carbocycles. The summed E-state index contributed by atoms with van der Waals surface area (Å²) in [6, 6.07) is 4.46. The van der Waals surface area contributed by atoms with E-state index in [0.29, 0.717) is 5.69 Å². The van der Waals surface area contributed by atoms with Gasteiger partial charge in [0.2, 0.25) is 0 Å². The zero-order valence-electron chi connectivity index (χ0n) is 7.70. The first-order valence-electron chi connectivity index (χ1n) is 4.31. The maximum absolute atomic E-state index is 10.8. The number of nitrogens with zero attached hydrogens (tertiary/aromatic N) is 5. The number of hydrogen-bond acceptors (Lipinski definition) is 4. The van der Waals surface area contributed by atoms with E-state index >= 15 is 0 Å². The first kappa shape index (κ1) is 9.29. The molecule has 7 heteroatoms. The fraction of sp³-hybridized carbons (Fsp3) is 0.250. The van der Waals surface area contributed by atoms with Crippen molar-refractivity contribution in [1.82, 2.24) is 0 Å². The molecule has 76 valence electrons. The standard InChI is InChI=1S/C8H7N5O2/c9-11-10-6-1-2-7(12-3-4-12)8(5-6)13(14)15/h1-2,5H,3-4H2. The molecule has 1 heterocycles. The molecule has 0 radical (unpaired) electrons. The van der Waals surface area contributed by atoms with Gasteiger partial charge < -0.3 is 4.90 Å². The van der Waals surface area contributed by atoms with Crippen molar-refractivity contribution in [3.63, 3.8) is 0 Å². The Morgan fingerprint density at radius 3 is 2.80 bits per heavy atom. The van der Waals surface area contributed by atoms with Crippen LogP contribution in [0.15, 0.2) is 23.3 Å². The molecule has 0 aromatic heterocycles. The summed E-state index contributed by atoms with van der Waals surface area (Å²) < 4.78 is 0. The molecule has 1 aliphatic rings. The van der Waals surface area contributed by atoms with Gasteiger partial charge in [-0.05, 0) is 11.6 Å². The largest absolute Gasteiger partial charge is 0.362 e. The predicted octanol–water partition coefficient (Wildman–Crippen LogP) is 2.36. The highest BCUT2D eigenvalue weighted by molar-refractivity contribution is 5.70. The third kappa shape index (κ3) is 1.82. The van der Waals surface area contributed by atoms with Crippen LogP contribution in [-0.2, 0) is 0 Å². The van der Waals surface area contributed by atoms with Gasteiger partial charge in [0.25, 0.3) is 5.69 Å². The summed E-state index contributed by atoms with van der Waals surface area (Å²) in [6.07, 6.45) is 0. The van der Waals surface area contributed by atoms with E-state index in [4.69, 9.17) is 5.53 Å². The van der Waals surface area contributed by atoms with Crippen LogP contribution in [0.5, 0.6) is 0 Å². The lowest BCUT2D eigenvalue weighted by Crippen LogP contribution is -1.97. The summed E-state index contributed by atoms with van der Waals surface area (Å²) in [5, 5.41) is 14.1. The Labute approximate surface area is 84.7 Å². The summed E-state index contributed by atoms with van der Waals surface area (Å²) in [6.45, 7) is 1.67. The molecule has 0 amide bonds. The van der Waals surface area contributed by atoms with Crippen molar-refractivity contribution in [2.75, 3.05) is 18.0 Å². The van der Waals surface area contributed by atoms with Gasteiger partial charge in [-0.2, -0.15) is 0 Å². The van der Waals surface area contributed by atoms with Gasteiger partial charge in [0.1, 0.15) is 5.69 Å². The second-order valence-electron chi connectivity index (χ2n) is 3.11. The van der Waals surface area contributed by atoms with Crippen LogP contribution in [-0.4, -0.2) is 18.0 Å². The topological polar surface area (TPSA) is 94.9 Å². The van der Waals surface area contributed by atoms with Crippen LogP contribution in [0.3, 0.4) is 0 Å². The number of nitro groups is 1. The molecule has 1 saturated heterocycles. The van der Waals surface area contributed by atoms with Gasteiger partial charge in [-0.1, -0.05) is 11.2 Å². The van der Waals surface area contributed by atoms with Crippen LogP contribution in [0, 0.1) is 10.1 Å². The van der Waals surface area contributed by atoms with Crippen molar-refractivity contribution < 1.29 is 4.92 Å². The lowest BCUT2D eigenvalue weighted by atomic mass is 10.2. The smallest absolute Gasteiger partial charge is 0.292 e. The zero-order valence-corrected chi connectivity index (χ0v) is 7.70. The first-order chi connectivity index (χ1) is 7.22. The van der Waals surface area contributed by atoms with Gasteiger partial charge in [-0.25, -0.2) is 0 Å².